The van der Waals surface area contributed by atoms with Crippen LogP contribution in [0.2, 0.25) is 0 Å². The first-order valence-corrected chi connectivity index (χ1v) is 11.5. The fourth-order valence-corrected chi connectivity index (χ4v) is 4.94. The number of hydrogen-bond donors (Lipinski definition) is 2. The maximum Gasteiger partial charge on any atom is 0.306 e. The van der Waals surface area contributed by atoms with Gasteiger partial charge in [-0.2, -0.15) is 0 Å². The van der Waals surface area contributed by atoms with Gasteiger partial charge < -0.3 is 19.9 Å². The molecule has 2 aliphatic heterocycles. The largest absolute Gasteiger partial charge is 0.460 e. The second kappa shape index (κ2) is 8.26. The van der Waals surface area contributed by atoms with Gasteiger partial charge in [0.2, 0.25) is 11.8 Å². The number of carbonyl (C=O) groups excluding carboxylic acids is 3. The van der Waals surface area contributed by atoms with Crippen LogP contribution in [0.4, 0.5) is 0 Å². The van der Waals surface area contributed by atoms with E-state index in [1.165, 1.54) is 0 Å². The van der Waals surface area contributed by atoms with Gasteiger partial charge in [-0.05, 0) is 51.2 Å². The summed E-state index contributed by atoms with van der Waals surface area (Å²) in [5.41, 5.74) is 2.61. The summed E-state index contributed by atoms with van der Waals surface area (Å²) >= 11 is 0. The maximum absolute atomic E-state index is 13.6. The molecule has 3 heterocycles. The zero-order chi connectivity index (χ0) is 23.2. The highest BCUT2D eigenvalue weighted by atomic mass is 16.6. The molecule has 172 valence electrons. The van der Waals surface area contributed by atoms with Crippen LogP contribution in [-0.4, -0.2) is 45.4 Å². The predicted octanol–water partition coefficient (Wildman–Crippen LogP) is 3.63. The second-order valence-electron chi connectivity index (χ2n) is 10.4. The third kappa shape index (κ3) is 4.25. The van der Waals surface area contributed by atoms with Crippen LogP contribution >= 0.6 is 0 Å². The molecule has 1 fully saturated rings. The number of esters is 1. The Morgan fingerprint density at radius 2 is 1.94 bits per heavy atom. The Morgan fingerprint density at radius 1 is 1.22 bits per heavy atom. The topological polar surface area (TPSA) is 91.5 Å². The number of ether oxygens (including phenoxy) is 1. The van der Waals surface area contributed by atoms with Gasteiger partial charge in [0.25, 0.3) is 0 Å². The van der Waals surface area contributed by atoms with Crippen molar-refractivity contribution in [1.82, 2.24) is 15.2 Å². The number of nitrogens with one attached hydrogen (secondary N) is 2. The number of H-pyrrole nitrogens is 1. The summed E-state index contributed by atoms with van der Waals surface area (Å²) in [6.45, 7) is 9.68. The van der Waals surface area contributed by atoms with Crippen molar-refractivity contribution in [2.24, 2.45) is 5.92 Å². The molecule has 0 aliphatic carbocycles. The molecule has 0 radical (unpaired) electrons. The van der Waals surface area contributed by atoms with E-state index >= 15 is 0 Å². The summed E-state index contributed by atoms with van der Waals surface area (Å²) in [5.74, 6) is -0.287. The Hall–Kier alpha value is -2.83. The molecule has 32 heavy (non-hydrogen) atoms. The van der Waals surface area contributed by atoms with Crippen molar-refractivity contribution in [2.45, 2.75) is 84.0 Å². The number of amides is 2. The smallest absolute Gasteiger partial charge is 0.306 e. The highest BCUT2D eigenvalue weighted by molar-refractivity contribution is 5.99. The van der Waals surface area contributed by atoms with Gasteiger partial charge in [0, 0.05) is 29.4 Å². The molecule has 0 bridgehead atoms. The standard InChI is InChI=1S/C25H33N3O4/c1-14(2)12-19-22-16(15-8-6-7-9-17(15)26-22)13-20-23(30)27-18(24(31)28(19)20)10-11-21(29)32-25(3,4)5/h6-9,14,18-20,26H,10-13H2,1-5H3,(H,27,30)/t18-,19-,20+/m1/s1. The first-order valence-electron chi connectivity index (χ1n) is 11.5. The SMILES string of the molecule is CC(C)C[C@@H]1c2[nH]c3ccccc3c2C[C@H]2C(=O)N[C@H](CCC(=O)OC(C)(C)C)C(=O)N12. The van der Waals surface area contributed by atoms with E-state index in [1.54, 1.807) is 4.90 Å². The maximum atomic E-state index is 13.6. The van der Waals surface area contributed by atoms with E-state index in [0.29, 0.717) is 12.3 Å². The molecule has 2 aromatic rings. The molecular weight excluding hydrogens is 406 g/mol. The van der Waals surface area contributed by atoms with Crippen molar-refractivity contribution in [3.8, 4) is 0 Å². The summed E-state index contributed by atoms with van der Waals surface area (Å²) < 4.78 is 5.37. The van der Waals surface area contributed by atoms with Gasteiger partial charge in [0.15, 0.2) is 0 Å². The van der Waals surface area contributed by atoms with Crippen LogP contribution in [0, 0.1) is 5.92 Å². The number of fused-ring (bicyclic) bond motifs is 4. The lowest BCUT2D eigenvalue weighted by Crippen LogP contribution is -2.66. The summed E-state index contributed by atoms with van der Waals surface area (Å²) in [5, 5.41) is 3.99. The van der Waals surface area contributed by atoms with E-state index in [0.717, 1.165) is 28.6 Å². The van der Waals surface area contributed by atoms with Crippen molar-refractivity contribution >= 4 is 28.7 Å². The Labute approximate surface area is 188 Å². The molecular formula is C25H33N3O4. The second-order valence-corrected chi connectivity index (χ2v) is 10.4. The number of para-hydroxylation sites is 1. The minimum atomic E-state index is -0.716. The number of aromatic amines is 1. The van der Waals surface area contributed by atoms with Gasteiger partial charge >= 0.3 is 5.97 Å². The normalized spacial score (nSPS) is 23.2. The lowest BCUT2D eigenvalue weighted by molar-refractivity contribution is -0.157. The molecule has 7 nitrogen and oxygen atoms in total. The number of piperazine rings is 1. The Balaban J connectivity index is 1.63. The Bertz CT molecular complexity index is 1050. The van der Waals surface area contributed by atoms with Crippen LogP contribution in [0.1, 0.15) is 71.2 Å². The first-order chi connectivity index (χ1) is 15.0. The van der Waals surface area contributed by atoms with Crippen LogP contribution in [0.3, 0.4) is 0 Å². The van der Waals surface area contributed by atoms with Crippen LogP contribution in [-0.2, 0) is 25.5 Å². The predicted molar refractivity (Wildman–Crippen MR) is 122 cm³/mol. The molecule has 4 rings (SSSR count). The van der Waals surface area contributed by atoms with Crippen LogP contribution in [0.5, 0.6) is 0 Å². The Morgan fingerprint density at radius 3 is 2.62 bits per heavy atom. The quantitative estimate of drug-likeness (QED) is 0.696. The van der Waals surface area contributed by atoms with Crippen molar-refractivity contribution < 1.29 is 19.1 Å². The summed E-state index contributed by atoms with van der Waals surface area (Å²) in [4.78, 5) is 44.2. The summed E-state index contributed by atoms with van der Waals surface area (Å²) in [7, 11) is 0. The fourth-order valence-electron chi connectivity index (χ4n) is 4.94. The van der Waals surface area contributed by atoms with Gasteiger partial charge in [-0.15, -0.1) is 0 Å². The number of carbonyl (C=O) groups is 3. The van der Waals surface area contributed by atoms with Crippen molar-refractivity contribution in [2.75, 3.05) is 0 Å². The zero-order valence-electron chi connectivity index (χ0n) is 19.5. The third-order valence-electron chi connectivity index (χ3n) is 6.17. The van der Waals surface area contributed by atoms with Crippen molar-refractivity contribution in [3.05, 3.63) is 35.5 Å². The lowest BCUT2D eigenvalue weighted by Gasteiger charge is -2.46. The summed E-state index contributed by atoms with van der Waals surface area (Å²) in [6.07, 6.45) is 1.56. The van der Waals surface area contributed by atoms with Crippen molar-refractivity contribution in [3.63, 3.8) is 0 Å². The number of nitrogens with zero attached hydrogens (tertiary/aromatic N) is 1. The number of benzene rings is 1. The van der Waals surface area contributed by atoms with E-state index in [4.69, 9.17) is 4.74 Å². The molecule has 1 saturated heterocycles. The average Bonchev–Trinajstić information content (AvgIpc) is 3.06. The number of rotatable bonds is 5. The van der Waals surface area contributed by atoms with Gasteiger partial charge in [-0.25, -0.2) is 0 Å². The van der Waals surface area contributed by atoms with Gasteiger partial charge in [-0.1, -0.05) is 32.0 Å². The molecule has 2 N–H and O–H groups in total. The minimum absolute atomic E-state index is 0.0823. The summed E-state index contributed by atoms with van der Waals surface area (Å²) in [6, 6.07) is 6.64. The molecule has 1 aromatic heterocycles. The number of aromatic nitrogens is 1. The molecule has 1 aromatic carbocycles. The van der Waals surface area contributed by atoms with E-state index < -0.39 is 17.7 Å². The van der Waals surface area contributed by atoms with Gasteiger partial charge in [0.05, 0.1) is 6.04 Å². The fraction of sp³-hybridized carbons (Fsp3) is 0.560. The van der Waals surface area contributed by atoms with E-state index in [1.807, 2.05) is 39.0 Å². The molecule has 0 spiro atoms. The van der Waals surface area contributed by atoms with Gasteiger partial charge in [0.1, 0.15) is 17.7 Å². The van der Waals surface area contributed by atoms with E-state index in [-0.39, 0.29) is 36.7 Å². The van der Waals surface area contributed by atoms with Crippen molar-refractivity contribution in [1.29, 1.82) is 0 Å². The average molecular weight is 440 g/mol. The van der Waals surface area contributed by atoms with Crippen LogP contribution in [0.25, 0.3) is 10.9 Å². The molecule has 2 aliphatic rings. The molecule has 0 unspecified atom stereocenters. The number of hydrogen-bond acceptors (Lipinski definition) is 4. The zero-order valence-corrected chi connectivity index (χ0v) is 19.5. The monoisotopic (exact) mass is 439 g/mol. The highest BCUT2D eigenvalue weighted by Gasteiger charge is 2.48. The van der Waals surface area contributed by atoms with Gasteiger partial charge in [-0.3, -0.25) is 14.4 Å². The Kier molecular flexibility index (Phi) is 5.77. The highest BCUT2D eigenvalue weighted by Crippen LogP contribution is 2.41. The molecule has 3 atom stereocenters. The van der Waals surface area contributed by atoms with E-state index in [9.17, 15) is 14.4 Å². The molecule has 2 amide bonds. The third-order valence-corrected chi connectivity index (χ3v) is 6.17. The van der Waals surface area contributed by atoms with E-state index in [2.05, 4.69) is 30.2 Å². The molecule has 7 heteroatoms. The minimum Gasteiger partial charge on any atom is -0.460 e. The van der Waals surface area contributed by atoms with Crippen LogP contribution < -0.4 is 5.32 Å². The first kappa shape index (κ1) is 22.4. The lowest BCUT2D eigenvalue weighted by atomic mass is 9.85. The van der Waals surface area contributed by atoms with Crippen LogP contribution in [0.15, 0.2) is 24.3 Å². The molecule has 0 saturated carbocycles.